The second-order valence-corrected chi connectivity index (χ2v) is 4.49. The van der Waals surface area contributed by atoms with Crippen LogP contribution in [0.5, 0.6) is 5.75 Å². The van der Waals surface area contributed by atoms with Crippen molar-refractivity contribution in [3.63, 3.8) is 0 Å². The fourth-order valence-corrected chi connectivity index (χ4v) is 1.99. The molecule has 20 heavy (non-hydrogen) atoms. The number of benzene rings is 2. The molecule has 106 valence electrons. The van der Waals surface area contributed by atoms with Gasteiger partial charge in [0.05, 0.1) is 0 Å². The van der Waals surface area contributed by atoms with Gasteiger partial charge in [0.15, 0.2) is 11.6 Å². The van der Waals surface area contributed by atoms with Crippen LogP contribution < -0.4 is 5.32 Å². The van der Waals surface area contributed by atoms with E-state index in [4.69, 9.17) is 0 Å². The van der Waals surface area contributed by atoms with Gasteiger partial charge in [0, 0.05) is 23.7 Å². The van der Waals surface area contributed by atoms with Gasteiger partial charge in [-0.15, -0.1) is 0 Å². The van der Waals surface area contributed by atoms with Gasteiger partial charge in [0.25, 0.3) is 0 Å². The SMILES string of the molecule is CC(NCc1cccc(F)c1O)c1c(F)cccc1F. The predicted octanol–water partition coefficient (Wildman–Crippen LogP) is 3.66. The highest BCUT2D eigenvalue weighted by molar-refractivity contribution is 5.33. The number of rotatable bonds is 4. The molecule has 1 atom stereocenters. The summed E-state index contributed by atoms with van der Waals surface area (Å²) >= 11 is 0. The summed E-state index contributed by atoms with van der Waals surface area (Å²) in [4.78, 5) is 0. The Kier molecular flexibility index (Phi) is 4.29. The lowest BCUT2D eigenvalue weighted by Gasteiger charge is -2.16. The zero-order valence-corrected chi connectivity index (χ0v) is 10.8. The number of phenolic OH excluding ortho intramolecular Hbond substituents is 1. The molecule has 2 aromatic rings. The predicted molar refractivity (Wildman–Crippen MR) is 69.7 cm³/mol. The van der Waals surface area contributed by atoms with Crippen molar-refractivity contribution in [2.45, 2.75) is 19.5 Å². The number of para-hydroxylation sites is 1. The van der Waals surface area contributed by atoms with Crippen LogP contribution in [0.25, 0.3) is 0 Å². The molecule has 2 rings (SSSR count). The topological polar surface area (TPSA) is 32.3 Å². The second-order valence-electron chi connectivity index (χ2n) is 4.49. The maximum Gasteiger partial charge on any atom is 0.165 e. The Bertz CT molecular complexity index is 596. The van der Waals surface area contributed by atoms with Crippen molar-refractivity contribution in [3.05, 3.63) is 65.0 Å². The smallest absolute Gasteiger partial charge is 0.165 e. The number of hydrogen-bond donors (Lipinski definition) is 2. The highest BCUT2D eigenvalue weighted by atomic mass is 19.1. The fourth-order valence-electron chi connectivity index (χ4n) is 1.99. The van der Waals surface area contributed by atoms with Crippen molar-refractivity contribution in [1.29, 1.82) is 0 Å². The van der Waals surface area contributed by atoms with Crippen LogP contribution in [0.1, 0.15) is 24.1 Å². The van der Waals surface area contributed by atoms with Crippen LogP contribution >= 0.6 is 0 Å². The van der Waals surface area contributed by atoms with Gasteiger partial charge in [-0.2, -0.15) is 0 Å². The van der Waals surface area contributed by atoms with E-state index in [0.29, 0.717) is 5.56 Å². The van der Waals surface area contributed by atoms with Crippen molar-refractivity contribution in [3.8, 4) is 5.75 Å². The summed E-state index contributed by atoms with van der Waals surface area (Å²) in [6, 6.07) is 7.17. The second kappa shape index (κ2) is 5.96. The molecule has 0 aliphatic heterocycles. The van der Waals surface area contributed by atoms with Gasteiger partial charge in [-0.1, -0.05) is 18.2 Å². The molecule has 2 N–H and O–H groups in total. The summed E-state index contributed by atoms with van der Waals surface area (Å²) in [7, 11) is 0. The van der Waals surface area contributed by atoms with Crippen molar-refractivity contribution in [2.75, 3.05) is 0 Å². The van der Waals surface area contributed by atoms with Crippen LogP contribution in [0.2, 0.25) is 0 Å². The molecule has 0 heterocycles. The molecule has 0 aromatic heterocycles. The maximum absolute atomic E-state index is 13.6. The van der Waals surface area contributed by atoms with Crippen LogP contribution in [0, 0.1) is 17.5 Å². The molecule has 0 fully saturated rings. The highest BCUT2D eigenvalue weighted by Crippen LogP contribution is 2.23. The number of nitrogens with one attached hydrogen (secondary N) is 1. The molecular weight excluding hydrogens is 267 g/mol. The Balaban J connectivity index is 2.13. The van der Waals surface area contributed by atoms with Gasteiger partial charge < -0.3 is 10.4 Å². The number of aromatic hydroxyl groups is 1. The maximum atomic E-state index is 13.6. The molecule has 5 heteroatoms. The summed E-state index contributed by atoms with van der Waals surface area (Å²) in [5.41, 5.74) is 0.247. The summed E-state index contributed by atoms with van der Waals surface area (Å²) in [5, 5.41) is 12.4. The number of hydrogen-bond acceptors (Lipinski definition) is 2. The van der Waals surface area contributed by atoms with Crippen molar-refractivity contribution in [2.24, 2.45) is 0 Å². The van der Waals surface area contributed by atoms with E-state index in [1.807, 2.05) is 0 Å². The van der Waals surface area contributed by atoms with Gasteiger partial charge in [-0.3, -0.25) is 0 Å². The third-order valence-electron chi connectivity index (χ3n) is 3.10. The molecule has 1 unspecified atom stereocenters. The summed E-state index contributed by atoms with van der Waals surface area (Å²) in [6.45, 7) is 1.69. The first-order valence-corrected chi connectivity index (χ1v) is 6.14. The van der Waals surface area contributed by atoms with Crippen molar-refractivity contribution >= 4 is 0 Å². The molecule has 0 bridgehead atoms. The van der Waals surface area contributed by atoms with E-state index in [1.54, 1.807) is 6.92 Å². The van der Waals surface area contributed by atoms with Gasteiger partial charge in [0.2, 0.25) is 0 Å². The minimum Gasteiger partial charge on any atom is -0.505 e. The quantitative estimate of drug-likeness (QED) is 0.896. The largest absolute Gasteiger partial charge is 0.505 e. The first-order chi connectivity index (χ1) is 9.50. The van der Waals surface area contributed by atoms with E-state index < -0.39 is 29.2 Å². The van der Waals surface area contributed by atoms with Crippen molar-refractivity contribution < 1.29 is 18.3 Å². The minimum atomic E-state index is -0.728. The molecule has 0 aliphatic carbocycles. The van der Waals surface area contributed by atoms with Gasteiger partial charge in [-0.25, -0.2) is 13.2 Å². The Hall–Kier alpha value is -2.01. The monoisotopic (exact) mass is 281 g/mol. The third-order valence-corrected chi connectivity index (χ3v) is 3.10. The average Bonchev–Trinajstić information content (AvgIpc) is 2.40. The van der Waals surface area contributed by atoms with E-state index in [-0.39, 0.29) is 12.1 Å². The first kappa shape index (κ1) is 14.4. The molecule has 0 amide bonds. The van der Waals surface area contributed by atoms with Crippen LogP contribution in [0.3, 0.4) is 0 Å². The first-order valence-electron chi connectivity index (χ1n) is 6.14. The number of phenols is 1. The van der Waals surface area contributed by atoms with Crippen LogP contribution in [-0.4, -0.2) is 5.11 Å². The van der Waals surface area contributed by atoms with Crippen LogP contribution in [-0.2, 0) is 6.54 Å². The molecule has 2 aromatic carbocycles. The molecule has 0 spiro atoms. The molecule has 0 aliphatic rings. The molecular formula is C15H14F3NO. The lowest BCUT2D eigenvalue weighted by molar-refractivity contribution is 0.418. The van der Waals surface area contributed by atoms with E-state index in [2.05, 4.69) is 5.32 Å². The summed E-state index contributed by atoms with van der Waals surface area (Å²) in [6.07, 6.45) is 0. The van der Waals surface area contributed by atoms with E-state index in [1.165, 1.54) is 30.3 Å². The summed E-state index contributed by atoms with van der Waals surface area (Å²) in [5.74, 6) is -2.47. The van der Waals surface area contributed by atoms with Crippen LogP contribution in [0.4, 0.5) is 13.2 Å². The standard InChI is InChI=1S/C15H14F3NO/c1-9(14-11(16)5-3-6-12(14)17)19-8-10-4-2-7-13(18)15(10)20/h2-7,9,19-20H,8H2,1H3. The van der Waals surface area contributed by atoms with E-state index >= 15 is 0 Å². The Morgan fingerprint density at radius 2 is 1.55 bits per heavy atom. The van der Waals surface area contributed by atoms with Gasteiger partial charge >= 0.3 is 0 Å². The number of halogens is 3. The molecule has 2 nitrogen and oxygen atoms in total. The van der Waals surface area contributed by atoms with Crippen LogP contribution in [0.15, 0.2) is 36.4 Å². The average molecular weight is 281 g/mol. The Labute approximate surface area is 114 Å². The zero-order valence-electron chi connectivity index (χ0n) is 10.8. The van der Waals surface area contributed by atoms with Gasteiger partial charge in [0.1, 0.15) is 11.6 Å². The van der Waals surface area contributed by atoms with E-state index in [0.717, 1.165) is 6.07 Å². The third kappa shape index (κ3) is 2.93. The lowest BCUT2D eigenvalue weighted by atomic mass is 10.1. The molecule has 0 saturated heterocycles. The molecule has 0 saturated carbocycles. The van der Waals surface area contributed by atoms with E-state index in [9.17, 15) is 18.3 Å². The van der Waals surface area contributed by atoms with Crippen molar-refractivity contribution in [1.82, 2.24) is 5.32 Å². The molecule has 0 radical (unpaired) electrons. The Morgan fingerprint density at radius 1 is 1.00 bits per heavy atom. The lowest BCUT2D eigenvalue weighted by Crippen LogP contribution is -2.20. The van der Waals surface area contributed by atoms with Gasteiger partial charge in [-0.05, 0) is 25.1 Å². The fraction of sp³-hybridized carbons (Fsp3) is 0.200. The Morgan fingerprint density at radius 3 is 2.20 bits per heavy atom. The highest BCUT2D eigenvalue weighted by Gasteiger charge is 2.16. The summed E-state index contributed by atoms with van der Waals surface area (Å²) < 4.78 is 40.3. The zero-order chi connectivity index (χ0) is 14.7. The minimum absolute atomic E-state index is 0.0802. The normalized spacial score (nSPS) is 12.4.